The number of esters is 1. The summed E-state index contributed by atoms with van der Waals surface area (Å²) in [4.78, 5) is 22.5. The molecule has 1 aromatic rings. The maximum atomic E-state index is 12.5. The van der Waals surface area contributed by atoms with Crippen LogP contribution in [0.2, 0.25) is 0 Å². The van der Waals surface area contributed by atoms with E-state index in [-0.39, 0.29) is 25.8 Å². The van der Waals surface area contributed by atoms with Gasteiger partial charge in [-0.3, -0.25) is 13.8 Å². The Morgan fingerprint density at radius 2 is 1.40 bits per heavy atom. The van der Waals surface area contributed by atoms with Crippen molar-refractivity contribution in [2.75, 3.05) is 47.5 Å². The summed E-state index contributed by atoms with van der Waals surface area (Å²) in [5.41, 5.74) is 0.965. The van der Waals surface area contributed by atoms with Crippen molar-refractivity contribution in [3.05, 3.63) is 35.9 Å². The molecule has 0 aliphatic heterocycles. The van der Waals surface area contributed by atoms with E-state index in [9.17, 15) is 14.3 Å². The normalized spacial score (nSPS) is 14.1. The quantitative estimate of drug-likeness (QED) is 0.0522. The third-order valence-corrected chi connectivity index (χ3v) is 7.70. The van der Waals surface area contributed by atoms with Crippen LogP contribution in [0.5, 0.6) is 0 Å². The highest BCUT2D eigenvalue weighted by Crippen LogP contribution is 2.44. The predicted octanol–water partition coefficient (Wildman–Crippen LogP) is 7.44. The van der Waals surface area contributed by atoms with Gasteiger partial charge >= 0.3 is 13.8 Å². The van der Waals surface area contributed by atoms with Gasteiger partial charge in [0.15, 0.2) is 0 Å². The van der Waals surface area contributed by atoms with Crippen LogP contribution in [0.1, 0.15) is 102 Å². The topological polar surface area (TPSA) is 91.3 Å². The Morgan fingerprint density at radius 3 is 1.95 bits per heavy atom. The van der Waals surface area contributed by atoms with Crippen LogP contribution in [-0.2, 0) is 34.5 Å². The average molecular weight is 587 g/mol. The van der Waals surface area contributed by atoms with Crippen molar-refractivity contribution in [2.24, 2.45) is 0 Å². The minimum Gasteiger partial charge on any atom is -0.463 e. The first kappa shape index (κ1) is 36.7. The average Bonchev–Trinajstić information content (AvgIpc) is 2.89. The Balaban J connectivity index is 2.29. The molecule has 0 radical (unpaired) electrons. The third kappa shape index (κ3) is 22.4. The Hall–Kier alpha value is -1.28. The largest absolute Gasteiger partial charge is 0.472 e. The van der Waals surface area contributed by atoms with Crippen molar-refractivity contribution in [3.63, 3.8) is 0 Å². The minimum absolute atomic E-state index is 0.00976. The molecule has 0 aliphatic carbocycles. The van der Waals surface area contributed by atoms with E-state index in [1.54, 1.807) is 0 Å². The van der Waals surface area contributed by atoms with E-state index in [0.29, 0.717) is 24.1 Å². The number of quaternary nitrogens is 1. The van der Waals surface area contributed by atoms with Gasteiger partial charge in [0.05, 0.1) is 34.4 Å². The molecular formula is C31H57NO7P+. The molecule has 0 aromatic heterocycles. The molecule has 0 aliphatic rings. The molecule has 1 unspecified atom stereocenters. The van der Waals surface area contributed by atoms with Crippen LogP contribution in [-0.4, -0.2) is 69.0 Å². The second kappa shape index (κ2) is 22.3. The highest BCUT2D eigenvalue weighted by Gasteiger charge is 2.28. The fraction of sp³-hybridized carbons (Fsp3) is 0.774. The van der Waals surface area contributed by atoms with E-state index in [1.807, 2.05) is 51.5 Å². The molecule has 0 saturated heterocycles. The van der Waals surface area contributed by atoms with Crippen LogP contribution in [0.15, 0.2) is 30.3 Å². The molecule has 0 heterocycles. The summed E-state index contributed by atoms with van der Waals surface area (Å²) >= 11 is 0. The first-order valence-electron chi connectivity index (χ1n) is 15.3. The van der Waals surface area contributed by atoms with E-state index < -0.39 is 13.9 Å². The zero-order valence-corrected chi connectivity index (χ0v) is 26.6. The van der Waals surface area contributed by atoms with E-state index in [4.69, 9.17) is 18.5 Å². The Bertz CT molecular complexity index is 801. The summed E-state index contributed by atoms with van der Waals surface area (Å²) in [6.07, 6.45) is 15.6. The molecule has 8 nitrogen and oxygen atoms in total. The molecule has 0 saturated carbocycles. The standard InChI is InChI=1S/C31H56NO7P/c1-5-6-7-8-9-10-11-12-13-14-15-16-20-23-31(33)37-28-30(27-36-26-29-21-18-17-19-22-29)39-40(34,35)38-25-24-32(2,3)4/h17-19,21-22,30H,5-16,20,23-28H2,1-4H3/p+1/t30-/m0/s1. The number of phosphoric ester groups is 1. The van der Waals surface area contributed by atoms with Gasteiger partial charge in [-0.1, -0.05) is 114 Å². The smallest absolute Gasteiger partial charge is 0.463 e. The Labute approximate surface area is 243 Å². The van der Waals surface area contributed by atoms with Gasteiger partial charge in [-0.05, 0) is 12.0 Å². The number of carbonyl (C=O) groups is 1. The van der Waals surface area contributed by atoms with E-state index in [2.05, 4.69) is 6.92 Å². The van der Waals surface area contributed by atoms with Gasteiger partial charge in [-0.15, -0.1) is 0 Å². The lowest BCUT2D eigenvalue weighted by molar-refractivity contribution is -0.870. The molecule has 0 spiro atoms. The number of ether oxygens (including phenoxy) is 2. The van der Waals surface area contributed by atoms with Crippen LogP contribution < -0.4 is 0 Å². The summed E-state index contributed by atoms with van der Waals surface area (Å²) in [5.74, 6) is -0.335. The van der Waals surface area contributed by atoms with Gasteiger partial charge in [-0.25, -0.2) is 4.57 Å². The van der Waals surface area contributed by atoms with Crippen molar-refractivity contribution in [1.82, 2.24) is 0 Å². The lowest BCUT2D eigenvalue weighted by atomic mass is 10.0. The number of nitrogens with zero attached hydrogens (tertiary/aromatic N) is 1. The maximum Gasteiger partial charge on any atom is 0.472 e. The zero-order valence-electron chi connectivity index (χ0n) is 25.7. The van der Waals surface area contributed by atoms with Crippen LogP contribution in [0.4, 0.5) is 0 Å². The molecule has 1 rings (SSSR count). The van der Waals surface area contributed by atoms with Crippen molar-refractivity contribution >= 4 is 13.8 Å². The molecule has 0 fully saturated rings. The first-order valence-corrected chi connectivity index (χ1v) is 16.8. The van der Waals surface area contributed by atoms with Gasteiger partial charge in [0.1, 0.15) is 25.9 Å². The molecule has 40 heavy (non-hydrogen) atoms. The van der Waals surface area contributed by atoms with Crippen molar-refractivity contribution in [3.8, 4) is 0 Å². The van der Waals surface area contributed by atoms with Crippen LogP contribution >= 0.6 is 7.82 Å². The summed E-state index contributed by atoms with van der Waals surface area (Å²) in [5, 5.41) is 0. The van der Waals surface area contributed by atoms with E-state index in [0.717, 1.165) is 24.8 Å². The monoisotopic (exact) mass is 586 g/mol. The lowest BCUT2D eigenvalue weighted by Crippen LogP contribution is -2.37. The van der Waals surface area contributed by atoms with Gasteiger partial charge in [-0.2, -0.15) is 0 Å². The number of benzene rings is 1. The highest BCUT2D eigenvalue weighted by molar-refractivity contribution is 7.47. The number of hydrogen-bond donors (Lipinski definition) is 1. The van der Waals surface area contributed by atoms with Gasteiger partial charge in [0.2, 0.25) is 0 Å². The van der Waals surface area contributed by atoms with Crippen LogP contribution in [0.3, 0.4) is 0 Å². The molecule has 1 N–H and O–H groups in total. The SMILES string of the molecule is CCCCCCCCCCCCCCCC(=O)OC[C@H](COCc1ccccc1)OP(=O)(O)OCC[N+](C)(C)C. The van der Waals surface area contributed by atoms with E-state index in [1.165, 1.54) is 64.2 Å². The number of unbranched alkanes of at least 4 members (excludes halogenated alkanes) is 12. The van der Waals surface area contributed by atoms with Crippen molar-refractivity contribution < 1.29 is 37.3 Å². The number of hydrogen-bond acceptors (Lipinski definition) is 6. The minimum atomic E-state index is -4.34. The molecule has 0 amide bonds. The molecule has 1 aromatic carbocycles. The lowest BCUT2D eigenvalue weighted by Gasteiger charge is -2.25. The Morgan fingerprint density at radius 1 is 0.850 bits per heavy atom. The third-order valence-electron chi connectivity index (χ3n) is 6.63. The van der Waals surface area contributed by atoms with E-state index >= 15 is 0 Å². The second-order valence-electron chi connectivity index (χ2n) is 11.7. The zero-order chi connectivity index (χ0) is 29.5. The van der Waals surface area contributed by atoms with Gasteiger partial charge < -0.3 is 18.9 Å². The number of rotatable bonds is 26. The number of likely N-dealkylation sites (N-methyl/N-ethyl adjacent to an activating group) is 1. The Kier molecular flexibility index (Phi) is 20.5. The molecule has 2 atom stereocenters. The molecule has 232 valence electrons. The molecule has 0 bridgehead atoms. The fourth-order valence-electron chi connectivity index (χ4n) is 4.19. The molecular weight excluding hydrogens is 529 g/mol. The maximum absolute atomic E-state index is 12.5. The number of phosphoric acid groups is 1. The fourth-order valence-corrected chi connectivity index (χ4v) is 5.06. The van der Waals surface area contributed by atoms with Crippen molar-refractivity contribution in [2.45, 2.75) is 110 Å². The second-order valence-corrected chi connectivity index (χ2v) is 13.1. The number of carbonyl (C=O) groups excluding carboxylic acids is 1. The van der Waals surface area contributed by atoms with Crippen LogP contribution in [0.25, 0.3) is 0 Å². The highest BCUT2D eigenvalue weighted by atomic mass is 31.2. The van der Waals surface area contributed by atoms with Crippen molar-refractivity contribution in [1.29, 1.82) is 0 Å². The van der Waals surface area contributed by atoms with Crippen LogP contribution in [0, 0.1) is 0 Å². The predicted molar refractivity (Wildman–Crippen MR) is 161 cm³/mol. The summed E-state index contributed by atoms with van der Waals surface area (Å²) < 4.78 is 34.6. The summed E-state index contributed by atoms with van der Waals surface area (Å²) in [6.45, 7) is 2.98. The first-order chi connectivity index (χ1) is 19.1. The summed E-state index contributed by atoms with van der Waals surface area (Å²) in [7, 11) is 1.55. The molecule has 9 heteroatoms. The van der Waals surface area contributed by atoms with Gasteiger partial charge in [0, 0.05) is 6.42 Å². The summed E-state index contributed by atoms with van der Waals surface area (Å²) in [6, 6.07) is 9.59. The van der Waals surface area contributed by atoms with Gasteiger partial charge in [0.25, 0.3) is 0 Å².